The Morgan fingerprint density at radius 3 is 2.75 bits per heavy atom. The maximum atomic E-state index is 5.16. The molecule has 0 unspecified atom stereocenters. The molecule has 0 aliphatic heterocycles. The molecule has 0 aliphatic carbocycles. The van der Waals surface area contributed by atoms with Crippen molar-refractivity contribution in [1.82, 2.24) is 20.4 Å². The molecule has 0 bridgehead atoms. The van der Waals surface area contributed by atoms with Crippen LogP contribution >= 0.6 is 12.2 Å². The van der Waals surface area contributed by atoms with Gasteiger partial charge in [-0.1, -0.05) is 0 Å². The van der Waals surface area contributed by atoms with Gasteiger partial charge in [-0.15, -0.1) is 0 Å². The highest BCUT2D eigenvalue weighted by Gasteiger charge is 2.04. The first-order valence-electron chi connectivity index (χ1n) is 5.60. The summed E-state index contributed by atoms with van der Waals surface area (Å²) < 4.78 is 1.94. The van der Waals surface area contributed by atoms with E-state index in [2.05, 4.69) is 42.7 Å². The van der Waals surface area contributed by atoms with Crippen LogP contribution in [-0.2, 0) is 13.1 Å². The second kappa shape index (κ2) is 5.84. The molecule has 1 heterocycles. The number of hydrogen-bond acceptors (Lipinski definition) is 2. The molecule has 1 rings (SSSR count). The Labute approximate surface area is 102 Å². The van der Waals surface area contributed by atoms with Gasteiger partial charge < -0.3 is 10.6 Å². The van der Waals surface area contributed by atoms with Crippen LogP contribution < -0.4 is 10.6 Å². The van der Waals surface area contributed by atoms with Crippen LogP contribution in [-0.4, -0.2) is 20.9 Å². The third-order valence-corrected chi connectivity index (χ3v) is 2.49. The number of hydrogen-bond donors (Lipinski definition) is 2. The summed E-state index contributed by atoms with van der Waals surface area (Å²) in [5.74, 6) is 0. The first-order chi connectivity index (χ1) is 7.52. The van der Waals surface area contributed by atoms with Crippen molar-refractivity contribution < 1.29 is 0 Å². The minimum absolute atomic E-state index is 0.361. The Hall–Kier alpha value is -1.10. The van der Waals surface area contributed by atoms with Crippen LogP contribution in [0.3, 0.4) is 0 Å². The predicted molar refractivity (Wildman–Crippen MR) is 70.3 cm³/mol. The van der Waals surface area contributed by atoms with E-state index < -0.39 is 0 Å². The molecular weight excluding hydrogens is 220 g/mol. The summed E-state index contributed by atoms with van der Waals surface area (Å²) in [6.07, 6.45) is 2.06. The molecule has 4 nitrogen and oxygen atoms in total. The molecule has 0 spiro atoms. The van der Waals surface area contributed by atoms with E-state index in [1.165, 1.54) is 5.56 Å². The van der Waals surface area contributed by atoms with E-state index >= 15 is 0 Å². The molecule has 0 radical (unpaired) electrons. The van der Waals surface area contributed by atoms with E-state index in [1.54, 1.807) is 0 Å². The topological polar surface area (TPSA) is 41.9 Å². The van der Waals surface area contributed by atoms with Gasteiger partial charge >= 0.3 is 0 Å². The van der Waals surface area contributed by atoms with Gasteiger partial charge in [-0.3, -0.25) is 4.68 Å². The lowest BCUT2D eigenvalue weighted by Crippen LogP contribution is -2.38. The molecule has 0 aliphatic rings. The van der Waals surface area contributed by atoms with Gasteiger partial charge in [-0.05, 0) is 39.9 Å². The zero-order valence-corrected chi connectivity index (χ0v) is 11.2. The maximum Gasteiger partial charge on any atom is 0.166 e. The lowest BCUT2D eigenvalue weighted by atomic mass is 10.3. The number of nitrogens with one attached hydrogen (secondary N) is 2. The van der Waals surface area contributed by atoms with E-state index in [0.717, 1.165) is 18.8 Å². The zero-order valence-electron chi connectivity index (χ0n) is 10.4. The number of rotatable bonds is 4. The van der Waals surface area contributed by atoms with Crippen LogP contribution in [0.2, 0.25) is 0 Å². The highest BCUT2D eigenvalue weighted by molar-refractivity contribution is 7.80. The van der Waals surface area contributed by atoms with Crippen LogP contribution in [0.4, 0.5) is 0 Å². The molecule has 2 N–H and O–H groups in total. The summed E-state index contributed by atoms with van der Waals surface area (Å²) in [6.45, 7) is 9.85. The third-order valence-electron chi connectivity index (χ3n) is 2.23. The normalized spacial score (nSPS) is 10.6. The molecule has 0 fully saturated rings. The van der Waals surface area contributed by atoms with Gasteiger partial charge in [-0.25, -0.2) is 0 Å². The standard InChI is InChI=1S/C11H20N4S/c1-5-15-7-10(9(4)14-15)6-12-11(16)13-8(2)3/h7-8H,5-6H2,1-4H3,(H2,12,13,16). The van der Waals surface area contributed by atoms with Gasteiger partial charge in [0.05, 0.1) is 5.69 Å². The smallest absolute Gasteiger partial charge is 0.166 e. The zero-order chi connectivity index (χ0) is 12.1. The van der Waals surface area contributed by atoms with Crippen molar-refractivity contribution in [3.05, 3.63) is 17.5 Å². The van der Waals surface area contributed by atoms with Gasteiger partial charge in [0.1, 0.15) is 0 Å². The lowest BCUT2D eigenvalue weighted by molar-refractivity contribution is 0.653. The summed E-state index contributed by atoms with van der Waals surface area (Å²) in [4.78, 5) is 0. The summed E-state index contributed by atoms with van der Waals surface area (Å²) >= 11 is 5.16. The van der Waals surface area contributed by atoms with Gasteiger partial charge in [0.15, 0.2) is 5.11 Å². The largest absolute Gasteiger partial charge is 0.361 e. The maximum absolute atomic E-state index is 5.16. The monoisotopic (exact) mass is 240 g/mol. The number of nitrogens with zero attached hydrogens (tertiary/aromatic N) is 2. The Balaban J connectivity index is 2.47. The van der Waals surface area contributed by atoms with Crippen LogP contribution in [0.5, 0.6) is 0 Å². The van der Waals surface area contributed by atoms with Crippen molar-refractivity contribution in [3.8, 4) is 0 Å². The quantitative estimate of drug-likeness (QED) is 0.784. The molecule has 0 saturated heterocycles. The van der Waals surface area contributed by atoms with Crippen molar-refractivity contribution in [2.24, 2.45) is 0 Å². The van der Waals surface area contributed by atoms with E-state index in [1.807, 2.05) is 11.6 Å². The predicted octanol–water partition coefficient (Wildman–Crippen LogP) is 1.58. The molecule has 90 valence electrons. The first kappa shape index (κ1) is 13.0. The van der Waals surface area contributed by atoms with Gasteiger partial charge in [0.2, 0.25) is 0 Å². The van der Waals surface area contributed by atoms with E-state index in [0.29, 0.717) is 11.2 Å². The fourth-order valence-electron chi connectivity index (χ4n) is 1.38. The van der Waals surface area contributed by atoms with Crippen molar-refractivity contribution in [2.45, 2.75) is 46.8 Å². The number of aryl methyl sites for hydroxylation is 2. The summed E-state index contributed by atoms with van der Waals surface area (Å²) in [7, 11) is 0. The second-order valence-electron chi connectivity index (χ2n) is 4.08. The van der Waals surface area contributed by atoms with Crippen molar-refractivity contribution in [3.63, 3.8) is 0 Å². The minimum atomic E-state index is 0.361. The molecule has 1 aromatic rings. The van der Waals surface area contributed by atoms with Gasteiger partial charge in [0.25, 0.3) is 0 Å². The molecule has 16 heavy (non-hydrogen) atoms. The summed E-state index contributed by atoms with van der Waals surface area (Å²) in [5.41, 5.74) is 2.25. The molecular formula is C11H20N4S. The van der Waals surface area contributed by atoms with Crippen LogP contribution in [0.25, 0.3) is 0 Å². The molecule has 0 saturated carbocycles. The minimum Gasteiger partial charge on any atom is -0.361 e. The summed E-state index contributed by atoms with van der Waals surface area (Å²) in [6, 6.07) is 0.361. The average molecular weight is 240 g/mol. The molecule has 5 heteroatoms. The van der Waals surface area contributed by atoms with Gasteiger partial charge in [-0.2, -0.15) is 5.10 Å². The third kappa shape index (κ3) is 3.81. The SMILES string of the molecule is CCn1cc(CNC(=S)NC(C)C)c(C)n1. The molecule has 0 atom stereocenters. The van der Waals surface area contributed by atoms with Crippen LogP contribution in [0.15, 0.2) is 6.20 Å². The number of thiocarbonyl (C=S) groups is 1. The van der Waals surface area contributed by atoms with E-state index in [9.17, 15) is 0 Å². The Kier molecular flexibility index (Phi) is 4.73. The van der Waals surface area contributed by atoms with E-state index in [-0.39, 0.29) is 0 Å². The van der Waals surface area contributed by atoms with Crippen molar-refractivity contribution >= 4 is 17.3 Å². The molecule has 0 amide bonds. The number of aromatic nitrogens is 2. The Morgan fingerprint density at radius 2 is 2.25 bits per heavy atom. The van der Waals surface area contributed by atoms with Gasteiger partial charge in [0, 0.05) is 30.9 Å². The second-order valence-corrected chi connectivity index (χ2v) is 4.49. The highest BCUT2D eigenvalue weighted by atomic mass is 32.1. The molecule has 1 aromatic heterocycles. The van der Waals surface area contributed by atoms with Crippen molar-refractivity contribution in [1.29, 1.82) is 0 Å². The average Bonchev–Trinajstić information content (AvgIpc) is 2.55. The van der Waals surface area contributed by atoms with E-state index in [4.69, 9.17) is 12.2 Å². The van der Waals surface area contributed by atoms with Crippen LogP contribution in [0, 0.1) is 6.92 Å². The lowest BCUT2D eigenvalue weighted by Gasteiger charge is -2.12. The fourth-order valence-corrected chi connectivity index (χ4v) is 1.69. The Bertz CT molecular complexity index is 357. The van der Waals surface area contributed by atoms with Crippen molar-refractivity contribution in [2.75, 3.05) is 0 Å². The summed E-state index contributed by atoms with van der Waals surface area (Å²) in [5, 5.41) is 11.4. The Morgan fingerprint density at radius 1 is 1.56 bits per heavy atom. The van der Waals surface area contributed by atoms with Crippen LogP contribution in [0.1, 0.15) is 32.0 Å². The fraction of sp³-hybridized carbons (Fsp3) is 0.636. The molecule has 0 aromatic carbocycles. The highest BCUT2D eigenvalue weighted by Crippen LogP contribution is 2.04. The first-order valence-corrected chi connectivity index (χ1v) is 6.01.